The quantitative estimate of drug-likeness (QED) is 0.683. The zero-order chi connectivity index (χ0) is 10.7. The SMILES string of the molecule is CC1C=CCC(NC2CCCC(C)C2)C1. The largest absolute Gasteiger partial charge is 0.311 e. The van der Waals surface area contributed by atoms with Crippen LogP contribution < -0.4 is 5.32 Å². The van der Waals surface area contributed by atoms with E-state index in [2.05, 4.69) is 31.3 Å². The maximum atomic E-state index is 3.87. The lowest BCUT2D eigenvalue weighted by atomic mass is 9.85. The standard InChI is InChI=1S/C14H25N/c1-11-5-3-7-13(9-11)15-14-8-4-6-12(2)10-14/h3,5,11-15H,4,6-10H2,1-2H3. The van der Waals surface area contributed by atoms with E-state index in [0.29, 0.717) is 0 Å². The molecule has 4 unspecified atom stereocenters. The van der Waals surface area contributed by atoms with Crippen LogP contribution in [0.25, 0.3) is 0 Å². The van der Waals surface area contributed by atoms with Crippen LogP contribution in [0.4, 0.5) is 0 Å². The molecule has 0 heterocycles. The fraction of sp³-hybridized carbons (Fsp3) is 0.857. The third-order valence-corrected chi connectivity index (χ3v) is 3.95. The molecule has 0 saturated heterocycles. The topological polar surface area (TPSA) is 12.0 Å². The Morgan fingerprint density at radius 3 is 2.67 bits per heavy atom. The van der Waals surface area contributed by atoms with Crippen LogP contribution in [0.2, 0.25) is 0 Å². The van der Waals surface area contributed by atoms with Crippen LogP contribution in [-0.4, -0.2) is 12.1 Å². The monoisotopic (exact) mass is 207 g/mol. The summed E-state index contributed by atoms with van der Waals surface area (Å²) in [5.41, 5.74) is 0. The molecule has 1 nitrogen and oxygen atoms in total. The van der Waals surface area contributed by atoms with E-state index in [1.54, 1.807) is 0 Å². The van der Waals surface area contributed by atoms with Crippen molar-refractivity contribution < 1.29 is 0 Å². The van der Waals surface area contributed by atoms with Gasteiger partial charge in [0.15, 0.2) is 0 Å². The van der Waals surface area contributed by atoms with E-state index < -0.39 is 0 Å². The molecule has 1 fully saturated rings. The smallest absolute Gasteiger partial charge is 0.0110 e. The Morgan fingerprint density at radius 1 is 1.07 bits per heavy atom. The van der Waals surface area contributed by atoms with Gasteiger partial charge in [0, 0.05) is 12.1 Å². The molecule has 1 saturated carbocycles. The van der Waals surface area contributed by atoms with Gasteiger partial charge in [-0.3, -0.25) is 0 Å². The first-order valence-corrected chi connectivity index (χ1v) is 6.66. The van der Waals surface area contributed by atoms with Gasteiger partial charge >= 0.3 is 0 Å². The molecule has 86 valence electrons. The Morgan fingerprint density at radius 2 is 1.93 bits per heavy atom. The van der Waals surface area contributed by atoms with Crippen molar-refractivity contribution in [3.8, 4) is 0 Å². The van der Waals surface area contributed by atoms with Crippen molar-refractivity contribution in [2.24, 2.45) is 11.8 Å². The van der Waals surface area contributed by atoms with Gasteiger partial charge in [0.05, 0.1) is 0 Å². The summed E-state index contributed by atoms with van der Waals surface area (Å²) >= 11 is 0. The summed E-state index contributed by atoms with van der Waals surface area (Å²) in [5, 5.41) is 3.87. The zero-order valence-electron chi connectivity index (χ0n) is 10.2. The molecule has 1 heteroatoms. The van der Waals surface area contributed by atoms with E-state index >= 15 is 0 Å². The summed E-state index contributed by atoms with van der Waals surface area (Å²) < 4.78 is 0. The first kappa shape index (κ1) is 11.2. The van der Waals surface area contributed by atoms with Crippen molar-refractivity contribution >= 4 is 0 Å². The molecule has 0 amide bonds. The lowest BCUT2D eigenvalue weighted by Gasteiger charge is -2.33. The first-order chi connectivity index (χ1) is 7.24. The van der Waals surface area contributed by atoms with Gasteiger partial charge in [0.25, 0.3) is 0 Å². The lowest BCUT2D eigenvalue weighted by molar-refractivity contribution is 0.266. The van der Waals surface area contributed by atoms with Crippen molar-refractivity contribution in [3.05, 3.63) is 12.2 Å². The molecule has 0 aromatic heterocycles. The van der Waals surface area contributed by atoms with E-state index in [0.717, 1.165) is 23.9 Å². The Bertz CT molecular complexity index is 221. The lowest BCUT2D eigenvalue weighted by Crippen LogP contribution is -2.42. The van der Waals surface area contributed by atoms with Gasteiger partial charge in [0.1, 0.15) is 0 Å². The Balaban J connectivity index is 1.78. The third kappa shape index (κ3) is 3.34. The van der Waals surface area contributed by atoms with E-state index in [1.807, 2.05) is 0 Å². The highest BCUT2D eigenvalue weighted by Gasteiger charge is 2.22. The molecule has 0 aromatic carbocycles. The highest BCUT2D eigenvalue weighted by molar-refractivity contribution is 4.98. The minimum Gasteiger partial charge on any atom is -0.311 e. The van der Waals surface area contributed by atoms with E-state index in [4.69, 9.17) is 0 Å². The Labute approximate surface area is 94.3 Å². The van der Waals surface area contributed by atoms with Crippen molar-refractivity contribution in [3.63, 3.8) is 0 Å². The molecule has 0 aliphatic heterocycles. The first-order valence-electron chi connectivity index (χ1n) is 6.66. The molecule has 0 aromatic rings. The third-order valence-electron chi connectivity index (χ3n) is 3.95. The van der Waals surface area contributed by atoms with Gasteiger partial charge in [-0.1, -0.05) is 38.8 Å². The van der Waals surface area contributed by atoms with Crippen LogP contribution in [-0.2, 0) is 0 Å². The second-order valence-corrected chi connectivity index (χ2v) is 5.71. The average molecular weight is 207 g/mol. The van der Waals surface area contributed by atoms with Crippen molar-refractivity contribution in [2.75, 3.05) is 0 Å². The van der Waals surface area contributed by atoms with Gasteiger partial charge in [-0.2, -0.15) is 0 Å². The molecule has 15 heavy (non-hydrogen) atoms. The van der Waals surface area contributed by atoms with E-state index in [9.17, 15) is 0 Å². The molecule has 0 radical (unpaired) electrons. The van der Waals surface area contributed by atoms with E-state index in [1.165, 1.54) is 38.5 Å². The summed E-state index contributed by atoms with van der Waals surface area (Å²) in [4.78, 5) is 0. The summed E-state index contributed by atoms with van der Waals surface area (Å²) in [5.74, 6) is 1.71. The maximum Gasteiger partial charge on any atom is 0.0110 e. The van der Waals surface area contributed by atoms with Crippen LogP contribution in [0.1, 0.15) is 52.4 Å². The number of hydrogen-bond donors (Lipinski definition) is 1. The second-order valence-electron chi connectivity index (χ2n) is 5.71. The number of allylic oxidation sites excluding steroid dienone is 1. The predicted octanol–water partition coefficient (Wildman–Crippen LogP) is 3.51. The molecule has 4 atom stereocenters. The fourth-order valence-electron chi connectivity index (χ4n) is 3.15. The summed E-state index contributed by atoms with van der Waals surface area (Å²) in [6.45, 7) is 4.73. The van der Waals surface area contributed by atoms with Gasteiger partial charge in [0.2, 0.25) is 0 Å². The molecule has 2 aliphatic rings. The minimum atomic E-state index is 0.750. The summed E-state index contributed by atoms with van der Waals surface area (Å²) in [6, 6.07) is 1.55. The van der Waals surface area contributed by atoms with Gasteiger partial charge in [-0.15, -0.1) is 0 Å². The van der Waals surface area contributed by atoms with Crippen LogP contribution in [0, 0.1) is 11.8 Å². The molecule has 2 aliphatic carbocycles. The Hall–Kier alpha value is -0.300. The van der Waals surface area contributed by atoms with E-state index in [-0.39, 0.29) is 0 Å². The van der Waals surface area contributed by atoms with Crippen LogP contribution in [0.15, 0.2) is 12.2 Å². The highest BCUT2D eigenvalue weighted by Crippen LogP contribution is 2.25. The molecular weight excluding hydrogens is 182 g/mol. The molecule has 0 spiro atoms. The zero-order valence-corrected chi connectivity index (χ0v) is 10.2. The van der Waals surface area contributed by atoms with Crippen molar-refractivity contribution in [1.82, 2.24) is 5.32 Å². The molecule has 1 N–H and O–H groups in total. The fourth-order valence-corrected chi connectivity index (χ4v) is 3.15. The predicted molar refractivity (Wildman–Crippen MR) is 65.9 cm³/mol. The number of nitrogens with one attached hydrogen (secondary N) is 1. The summed E-state index contributed by atoms with van der Waals surface area (Å²) in [7, 11) is 0. The van der Waals surface area contributed by atoms with Crippen molar-refractivity contribution in [1.29, 1.82) is 0 Å². The maximum absolute atomic E-state index is 3.87. The molecular formula is C14H25N. The van der Waals surface area contributed by atoms with Crippen LogP contribution in [0.5, 0.6) is 0 Å². The molecule has 0 bridgehead atoms. The van der Waals surface area contributed by atoms with Crippen molar-refractivity contribution in [2.45, 2.75) is 64.5 Å². The number of rotatable bonds is 2. The average Bonchev–Trinajstić information content (AvgIpc) is 2.17. The van der Waals surface area contributed by atoms with Gasteiger partial charge in [-0.25, -0.2) is 0 Å². The van der Waals surface area contributed by atoms with Crippen LogP contribution in [0.3, 0.4) is 0 Å². The normalized spacial score (nSPS) is 41.7. The van der Waals surface area contributed by atoms with Gasteiger partial charge in [-0.05, 0) is 37.5 Å². The Kier molecular flexibility index (Phi) is 3.85. The number of hydrogen-bond acceptors (Lipinski definition) is 1. The second kappa shape index (κ2) is 5.16. The minimum absolute atomic E-state index is 0.750. The molecule has 2 rings (SSSR count). The summed E-state index contributed by atoms with van der Waals surface area (Å²) in [6.07, 6.45) is 13.0. The van der Waals surface area contributed by atoms with Gasteiger partial charge < -0.3 is 5.32 Å². The highest BCUT2D eigenvalue weighted by atomic mass is 15.0. The van der Waals surface area contributed by atoms with Crippen LogP contribution >= 0.6 is 0 Å².